The normalized spacial score (nSPS) is 12.6. The van der Waals surface area contributed by atoms with Gasteiger partial charge in [-0.2, -0.15) is 0 Å². The fourth-order valence-corrected chi connectivity index (χ4v) is 3.78. The Balaban J connectivity index is 1.77. The summed E-state index contributed by atoms with van der Waals surface area (Å²) >= 11 is 0. The maximum Gasteiger partial charge on any atom is 0.261 e. The number of amides is 2. The van der Waals surface area contributed by atoms with Gasteiger partial charge in [0.25, 0.3) is 11.5 Å². The summed E-state index contributed by atoms with van der Waals surface area (Å²) in [7, 11) is 1.52. The molecule has 0 saturated heterocycles. The van der Waals surface area contributed by atoms with Crippen molar-refractivity contribution in [1.82, 2.24) is 9.55 Å². The van der Waals surface area contributed by atoms with Gasteiger partial charge in [-0.3, -0.25) is 19.0 Å². The van der Waals surface area contributed by atoms with Gasteiger partial charge in [0.1, 0.15) is 11.6 Å². The van der Waals surface area contributed by atoms with Crippen LogP contribution in [-0.4, -0.2) is 35.0 Å². The summed E-state index contributed by atoms with van der Waals surface area (Å²) < 4.78 is 7.08. The molecule has 2 amide bonds. The van der Waals surface area contributed by atoms with Crippen molar-refractivity contribution in [3.05, 3.63) is 64.2 Å². The zero-order valence-electron chi connectivity index (χ0n) is 16.6. The largest absolute Gasteiger partial charge is 0.495 e. The highest BCUT2D eigenvalue weighted by Crippen LogP contribution is 2.29. The first-order valence-electron chi connectivity index (χ1n) is 9.76. The second-order valence-electron chi connectivity index (χ2n) is 7.17. The SMILES string of the molecule is COc1ccccc1N(CCC(N)=O)C(=O)c1ccc2c(=O)n3c(nc2c1)CCC3. The second-order valence-corrected chi connectivity index (χ2v) is 7.17. The van der Waals surface area contributed by atoms with Crippen LogP contribution in [0, 0.1) is 0 Å². The van der Waals surface area contributed by atoms with Gasteiger partial charge < -0.3 is 15.4 Å². The van der Waals surface area contributed by atoms with Crippen molar-refractivity contribution < 1.29 is 14.3 Å². The molecule has 0 atom stereocenters. The molecule has 0 aliphatic carbocycles. The highest BCUT2D eigenvalue weighted by atomic mass is 16.5. The molecule has 3 aromatic rings. The molecule has 2 aromatic carbocycles. The van der Waals surface area contributed by atoms with Gasteiger partial charge in [0.15, 0.2) is 0 Å². The van der Waals surface area contributed by atoms with Crippen LogP contribution in [0.5, 0.6) is 5.75 Å². The van der Waals surface area contributed by atoms with Crippen LogP contribution in [0.4, 0.5) is 5.69 Å². The molecule has 2 N–H and O–H groups in total. The van der Waals surface area contributed by atoms with E-state index in [0.29, 0.717) is 34.4 Å². The van der Waals surface area contributed by atoms with E-state index in [4.69, 9.17) is 10.5 Å². The first-order valence-corrected chi connectivity index (χ1v) is 9.76. The second kappa shape index (κ2) is 7.98. The number of hydrogen-bond donors (Lipinski definition) is 1. The standard InChI is InChI=1S/C22H22N4O4/c1-30-18-6-3-2-5-17(18)25(12-10-19(23)27)21(28)14-8-9-15-16(13-14)24-20-7-4-11-26(20)22(15)29/h2-3,5-6,8-9,13H,4,7,10-12H2,1H3,(H2,23,27). The van der Waals surface area contributed by atoms with E-state index in [0.717, 1.165) is 18.7 Å². The van der Waals surface area contributed by atoms with Crippen molar-refractivity contribution in [1.29, 1.82) is 0 Å². The van der Waals surface area contributed by atoms with E-state index < -0.39 is 5.91 Å². The molecule has 0 fully saturated rings. The molecule has 1 aromatic heterocycles. The van der Waals surface area contributed by atoms with E-state index in [1.165, 1.54) is 12.0 Å². The number of rotatable bonds is 6. The molecule has 0 spiro atoms. The number of carbonyl (C=O) groups excluding carboxylic acids is 2. The maximum absolute atomic E-state index is 13.4. The van der Waals surface area contributed by atoms with Gasteiger partial charge in [-0.25, -0.2) is 4.98 Å². The minimum Gasteiger partial charge on any atom is -0.495 e. The van der Waals surface area contributed by atoms with Crippen LogP contribution in [0.1, 0.15) is 29.0 Å². The molecule has 2 heterocycles. The van der Waals surface area contributed by atoms with Crippen molar-refractivity contribution in [3.8, 4) is 5.75 Å². The summed E-state index contributed by atoms with van der Waals surface area (Å²) in [6, 6.07) is 12.0. The number of primary amides is 1. The van der Waals surface area contributed by atoms with E-state index in [1.807, 2.05) is 0 Å². The zero-order valence-corrected chi connectivity index (χ0v) is 16.6. The lowest BCUT2D eigenvalue weighted by molar-refractivity contribution is -0.117. The third kappa shape index (κ3) is 3.52. The molecular formula is C22H22N4O4. The van der Waals surface area contributed by atoms with Crippen LogP contribution in [0.25, 0.3) is 10.9 Å². The number of fused-ring (bicyclic) bond motifs is 2. The third-order valence-electron chi connectivity index (χ3n) is 5.27. The number of methoxy groups -OCH3 is 1. The minimum atomic E-state index is -0.508. The molecule has 0 bridgehead atoms. The summed E-state index contributed by atoms with van der Waals surface area (Å²) in [4.78, 5) is 43.5. The number of anilines is 1. The average molecular weight is 406 g/mol. The lowest BCUT2D eigenvalue weighted by Crippen LogP contribution is -2.34. The Hall–Kier alpha value is -3.68. The smallest absolute Gasteiger partial charge is 0.261 e. The van der Waals surface area contributed by atoms with Crippen molar-refractivity contribution in [2.45, 2.75) is 25.8 Å². The number of benzene rings is 2. The average Bonchev–Trinajstić information content (AvgIpc) is 3.22. The van der Waals surface area contributed by atoms with Gasteiger partial charge >= 0.3 is 0 Å². The molecule has 8 nitrogen and oxygen atoms in total. The monoisotopic (exact) mass is 406 g/mol. The lowest BCUT2D eigenvalue weighted by atomic mass is 10.1. The van der Waals surface area contributed by atoms with E-state index in [2.05, 4.69) is 4.98 Å². The first kappa shape index (κ1) is 19.6. The zero-order chi connectivity index (χ0) is 21.3. The van der Waals surface area contributed by atoms with Gasteiger partial charge in [0, 0.05) is 31.5 Å². The Bertz CT molecular complexity index is 1200. The summed E-state index contributed by atoms with van der Waals surface area (Å²) in [5.74, 6) is 0.411. The molecule has 4 rings (SSSR count). The Kier molecular flexibility index (Phi) is 5.22. The lowest BCUT2D eigenvalue weighted by Gasteiger charge is -2.24. The Morgan fingerprint density at radius 3 is 2.80 bits per heavy atom. The Morgan fingerprint density at radius 1 is 1.23 bits per heavy atom. The number of hydrogen-bond acceptors (Lipinski definition) is 5. The highest BCUT2D eigenvalue weighted by molar-refractivity contribution is 6.08. The quantitative estimate of drug-likeness (QED) is 0.672. The minimum absolute atomic E-state index is 0.00444. The summed E-state index contributed by atoms with van der Waals surface area (Å²) in [6.07, 6.45) is 1.64. The van der Waals surface area contributed by atoms with Crippen LogP contribution in [-0.2, 0) is 17.8 Å². The Morgan fingerprint density at radius 2 is 2.03 bits per heavy atom. The van der Waals surface area contributed by atoms with E-state index in [1.54, 1.807) is 47.0 Å². The van der Waals surface area contributed by atoms with Crippen LogP contribution in [0.3, 0.4) is 0 Å². The highest BCUT2D eigenvalue weighted by Gasteiger charge is 2.23. The number of nitrogens with two attached hydrogens (primary N) is 1. The molecule has 1 aliphatic rings. The molecule has 30 heavy (non-hydrogen) atoms. The predicted molar refractivity (Wildman–Crippen MR) is 113 cm³/mol. The first-order chi connectivity index (χ1) is 14.5. The number of carbonyl (C=O) groups is 2. The molecule has 154 valence electrons. The van der Waals surface area contributed by atoms with Gasteiger partial charge in [0.2, 0.25) is 5.91 Å². The predicted octanol–water partition coefficient (Wildman–Crippen LogP) is 1.87. The molecule has 0 saturated carbocycles. The van der Waals surface area contributed by atoms with Crippen molar-refractivity contribution in [2.75, 3.05) is 18.6 Å². The summed E-state index contributed by atoms with van der Waals surface area (Å²) in [5, 5.41) is 0.484. The fourth-order valence-electron chi connectivity index (χ4n) is 3.78. The fraction of sp³-hybridized carbons (Fsp3) is 0.273. The molecule has 1 aliphatic heterocycles. The number of aryl methyl sites for hydroxylation is 1. The maximum atomic E-state index is 13.4. The van der Waals surface area contributed by atoms with Crippen molar-refractivity contribution in [2.24, 2.45) is 5.73 Å². The van der Waals surface area contributed by atoms with Gasteiger partial charge in [-0.15, -0.1) is 0 Å². The van der Waals surface area contributed by atoms with E-state index in [-0.39, 0.29) is 24.4 Å². The van der Waals surface area contributed by atoms with Crippen molar-refractivity contribution >= 4 is 28.4 Å². The summed E-state index contributed by atoms with van der Waals surface area (Å²) in [5.41, 5.74) is 6.63. The molecule has 0 radical (unpaired) electrons. The number of para-hydroxylation sites is 2. The van der Waals surface area contributed by atoms with Crippen LogP contribution in [0.15, 0.2) is 47.3 Å². The third-order valence-corrected chi connectivity index (χ3v) is 5.27. The van der Waals surface area contributed by atoms with E-state index >= 15 is 0 Å². The van der Waals surface area contributed by atoms with Gasteiger partial charge in [0.05, 0.1) is 23.7 Å². The molecule has 0 unspecified atom stereocenters. The molecular weight excluding hydrogens is 384 g/mol. The van der Waals surface area contributed by atoms with E-state index in [9.17, 15) is 14.4 Å². The van der Waals surface area contributed by atoms with Crippen LogP contribution >= 0.6 is 0 Å². The number of nitrogens with zero attached hydrogens (tertiary/aromatic N) is 3. The van der Waals surface area contributed by atoms with Crippen LogP contribution in [0.2, 0.25) is 0 Å². The molecule has 8 heteroatoms. The number of ether oxygens (including phenoxy) is 1. The van der Waals surface area contributed by atoms with Crippen LogP contribution < -0.4 is 20.9 Å². The Labute approximate surface area is 172 Å². The number of aromatic nitrogens is 2. The van der Waals surface area contributed by atoms with Gasteiger partial charge in [-0.05, 0) is 36.8 Å². The van der Waals surface area contributed by atoms with Crippen molar-refractivity contribution in [3.63, 3.8) is 0 Å². The van der Waals surface area contributed by atoms with Gasteiger partial charge in [-0.1, -0.05) is 12.1 Å². The summed E-state index contributed by atoms with van der Waals surface area (Å²) in [6.45, 7) is 0.777. The topological polar surface area (TPSA) is 108 Å².